The Morgan fingerprint density at radius 2 is 2.26 bits per heavy atom. The molecule has 0 bridgehead atoms. The molecule has 1 N–H and O–H groups in total. The molecule has 1 aromatic heterocycles. The van der Waals surface area contributed by atoms with Gasteiger partial charge in [0.2, 0.25) is 0 Å². The van der Waals surface area contributed by atoms with Crippen molar-refractivity contribution >= 4 is 12.1 Å². The van der Waals surface area contributed by atoms with Gasteiger partial charge in [0.05, 0.1) is 5.60 Å². The summed E-state index contributed by atoms with van der Waals surface area (Å²) in [6, 6.07) is 3.70. The highest BCUT2D eigenvalue weighted by molar-refractivity contribution is 5.74. The van der Waals surface area contributed by atoms with Crippen LogP contribution in [-0.4, -0.2) is 35.1 Å². The number of aromatic nitrogens is 1. The summed E-state index contributed by atoms with van der Waals surface area (Å²) >= 11 is 0. The number of carbonyl (C=O) groups is 1. The lowest BCUT2D eigenvalue weighted by Crippen LogP contribution is -2.53. The lowest BCUT2D eigenvalue weighted by atomic mass is 9.71. The second-order valence-corrected chi connectivity index (χ2v) is 5.81. The number of anilines is 1. The predicted octanol–water partition coefficient (Wildman–Crippen LogP) is 2.03. The van der Waals surface area contributed by atoms with E-state index in [1.54, 1.807) is 12.3 Å². The van der Waals surface area contributed by atoms with E-state index in [2.05, 4.69) is 9.88 Å². The quantitative estimate of drug-likeness (QED) is 0.827. The standard InChI is InChI=1S/C15H20N2O2/c18-11-12-4-5-14(16-9-12)17-8-7-15(19)6-2-1-3-13(15)10-17/h4-5,9,11,13,19H,1-3,6-8,10H2. The van der Waals surface area contributed by atoms with Gasteiger partial charge in [0, 0.05) is 30.8 Å². The van der Waals surface area contributed by atoms with E-state index < -0.39 is 5.60 Å². The molecule has 0 radical (unpaired) electrons. The minimum atomic E-state index is -0.447. The monoisotopic (exact) mass is 260 g/mol. The zero-order valence-corrected chi connectivity index (χ0v) is 11.1. The van der Waals surface area contributed by atoms with Crippen LogP contribution in [-0.2, 0) is 0 Å². The van der Waals surface area contributed by atoms with Crippen molar-refractivity contribution in [3.8, 4) is 0 Å². The molecular weight excluding hydrogens is 240 g/mol. The maximum atomic E-state index is 10.6. The third kappa shape index (κ3) is 2.37. The molecule has 19 heavy (non-hydrogen) atoms. The van der Waals surface area contributed by atoms with E-state index in [4.69, 9.17) is 0 Å². The van der Waals surface area contributed by atoms with E-state index in [9.17, 15) is 9.90 Å². The molecule has 2 heterocycles. The second kappa shape index (κ2) is 4.93. The molecule has 0 spiro atoms. The first-order chi connectivity index (χ1) is 9.21. The molecule has 2 unspecified atom stereocenters. The predicted molar refractivity (Wildman–Crippen MR) is 73.4 cm³/mol. The maximum absolute atomic E-state index is 10.6. The van der Waals surface area contributed by atoms with Crippen LogP contribution < -0.4 is 4.90 Å². The van der Waals surface area contributed by atoms with Crippen molar-refractivity contribution in [1.82, 2.24) is 4.98 Å². The van der Waals surface area contributed by atoms with Crippen molar-refractivity contribution in [2.75, 3.05) is 18.0 Å². The lowest BCUT2D eigenvalue weighted by Gasteiger charge is -2.47. The first kappa shape index (κ1) is 12.6. The van der Waals surface area contributed by atoms with E-state index in [1.165, 1.54) is 6.42 Å². The van der Waals surface area contributed by atoms with Gasteiger partial charge in [0.1, 0.15) is 5.82 Å². The Kier molecular flexibility index (Phi) is 3.27. The van der Waals surface area contributed by atoms with Crippen LogP contribution in [0.5, 0.6) is 0 Å². The number of hydrogen-bond donors (Lipinski definition) is 1. The molecule has 1 aliphatic carbocycles. The molecule has 1 saturated heterocycles. The molecule has 2 fully saturated rings. The fourth-order valence-corrected chi connectivity index (χ4v) is 3.43. The summed E-state index contributed by atoms with van der Waals surface area (Å²) in [7, 11) is 0. The highest BCUT2D eigenvalue weighted by Crippen LogP contribution is 2.40. The van der Waals surface area contributed by atoms with Crippen molar-refractivity contribution in [1.29, 1.82) is 0 Å². The van der Waals surface area contributed by atoms with E-state index in [1.807, 2.05) is 6.07 Å². The minimum absolute atomic E-state index is 0.363. The first-order valence-electron chi connectivity index (χ1n) is 7.10. The third-order valence-corrected chi connectivity index (χ3v) is 4.66. The Morgan fingerprint density at radius 1 is 1.37 bits per heavy atom. The molecule has 4 nitrogen and oxygen atoms in total. The van der Waals surface area contributed by atoms with E-state index in [0.717, 1.165) is 50.9 Å². The van der Waals surface area contributed by atoms with E-state index in [-0.39, 0.29) is 0 Å². The molecule has 4 heteroatoms. The topological polar surface area (TPSA) is 53.4 Å². The number of aldehydes is 1. The minimum Gasteiger partial charge on any atom is -0.389 e. The first-order valence-corrected chi connectivity index (χ1v) is 7.10. The smallest absolute Gasteiger partial charge is 0.151 e. The fraction of sp³-hybridized carbons (Fsp3) is 0.600. The van der Waals surface area contributed by atoms with Crippen molar-refractivity contribution in [2.45, 2.75) is 37.7 Å². The SMILES string of the molecule is O=Cc1ccc(N2CCC3(O)CCCCC3C2)nc1. The van der Waals surface area contributed by atoms with Gasteiger partial charge in [-0.2, -0.15) is 0 Å². The number of fused-ring (bicyclic) bond motifs is 1. The molecule has 102 valence electrons. The van der Waals surface area contributed by atoms with Crippen LogP contribution >= 0.6 is 0 Å². The van der Waals surface area contributed by atoms with Crippen molar-refractivity contribution in [3.05, 3.63) is 23.9 Å². The van der Waals surface area contributed by atoms with Gasteiger partial charge in [-0.25, -0.2) is 4.98 Å². The molecule has 2 atom stereocenters. The van der Waals surface area contributed by atoms with Crippen LogP contribution in [0.2, 0.25) is 0 Å². The number of rotatable bonds is 2. The van der Waals surface area contributed by atoms with Crippen LogP contribution in [0.1, 0.15) is 42.5 Å². The average molecular weight is 260 g/mol. The van der Waals surface area contributed by atoms with Gasteiger partial charge in [-0.1, -0.05) is 12.8 Å². The zero-order chi connectivity index (χ0) is 13.3. The summed E-state index contributed by atoms with van der Waals surface area (Å²) in [5.74, 6) is 1.28. The van der Waals surface area contributed by atoms with Gasteiger partial charge in [0.15, 0.2) is 6.29 Å². The molecule has 1 aromatic rings. The molecule has 0 aromatic carbocycles. The largest absolute Gasteiger partial charge is 0.389 e. The number of piperidine rings is 1. The highest BCUT2D eigenvalue weighted by Gasteiger charge is 2.42. The molecule has 1 aliphatic heterocycles. The summed E-state index contributed by atoms with van der Waals surface area (Å²) in [6.45, 7) is 1.73. The third-order valence-electron chi connectivity index (χ3n) is 4.66. The van der Waals surface area contributed by atoms with Gasteiger partial charge < -0.3 is 10.0 Å². The van der Waals surface area contributed by atoms with Gasteiger partial charge >= 0.3 is 0 Å². The van der Waals surface area contributed by atoms with Crippen molar-refractivity contribution in [2.24, 2.45) is 5.92 Å². The number of aliphatic hydroxyl groups is 1. The van der Waals surface area contributed by atoms with Crippen LogP contribution in [0.25, 0.3) is 0 Å². The van der Waals surface area contributed by atoms with Gasteiger partial charge in [0.25, 0.3) is 0 Å². The van der Waals surface area contributed by atoms with Crippen LogP contribution in [0.4, 0.5) is 5.82 Å². The summed E-state index contributed by atoms with van der Waals surface area (Å²) in [6.07, 6.45) is 7.69. The lowest BCUT2D eigenvalue weighted by molar-refractivity contribution is -0.0613. The zero-order valence-electron chi connectivity index (χ0n) is 11.1. The molecule has 3 rings (SSSR count). The van der Waals surface area contributed by atoms with Crippen LogP contribution in [0.3, 0.4) is 0 Å². The molecule has 0 amide bonds. The number of nitrogens with zero attached hydrogens (tertiary/aromatic N) is 2. The summed E-state index contributed by atoms with van der Waals surface area (Å²) in [4.78, 5) is 17.2. The molecular formula is C15H20N2O2. The van der Waals surface area contributed by atoms with Gasteiger partial charge in [-0.3, -0.25) is 4.79 Å². The normalized spacial score (nSPS) is 30.8. The Hall–Kier alpha value is -1.42. The number of pyridine rings is 1. The number of carbonyl (C=O) groups excluding carboxylic acids is 1. The van der Waals surface area contributed by atoms with Crippen molar-refractivity contribution < 1.29 is 9.90 Å². The summed E-state index contributed by atoms with van der Waals surface area (Å²) in [5, 5.41) is 10.6. The molecule has 1 saturated carbocycles. The number of hydrogen-bond acceptors (Lipinski definition) is 4. The second-order valence-electron chi connectivity index (χ2n) is 5.81. The van der Waals surface area contributed by atoms with Gasteiger partial charge in [-0.05, 0) is 31.4 Å². The Morgan fingerprint density at radius 3 is 3.00 bits per heavy atom. The van der Waals surface area contributed by atoms with E-state index in [0.29, 0.717) is 11.5 Å². The Balaban J connectivity index is 1.74. The van der Waals surface area contributed by atoms with Crippen LogP contribution in [0, 0.1) is 5.92 Å². The average Bonchev–Trinajstić information content (AvgIpc) is 2.46. The maximum Gasteiger partial charge on any atom is 0.151 e. The van der Waals surface area contributed by atoms with Crippen LogP contribution in [0.15, 0.2) is 18.3 Å². The Labute approximate surface area is 113 Å². The molecule has 2 aliphatic rings. The Bertz CT molecular complexity index is 460. The summed E-state index contributed by atoms with van der Waals surface area (Å²) in [5.41, 5.74) is 0.159. The fourth-order valence-electron chi connectivity index (χ4n) is 3.43. The summed E-state index contributed by atoms with van der Waals surface area (Å²) < 4.78 is 0. The highest BCUT2D eigenvalue weighted by atomic mass is 16.3. The van der Waals surface area contributed by atoms with E-state index >= 15 is 0 Å². The van der Waals surface area contributed by atoms with Gasteiger partial charge in [-0.15, -0.1) is 0 Å². The van der Waals surface area contributed by atoms with Crippen molar-refractivity contribution in [3.63, 3.8) is 0 Å².